The Morgan fingerprint density at radius 2 is 1.90 bits per heavy atom. The van der Waals surface area contributed by atoms with Gasteiger partial charge in [0.1, 0.15) is 11.6 Å². The van der Waals surface area contributed by atoms with Crippen molar-refractivity contribution in [3.63, 3.8) is 0 Å². The van der Waals surface area contributed by atoms with Crippen LogP contribution >= 0.6 is 0 Å². The maximum absolute atomic E-state index is 6.39. The Morgan fingerprint density at radius 3 is 2.63 bits per heavy atom. The zero-order valence-electron chi connectivity index (χ0n) is 17.8. The van der Waals surface area contributed by atoms with Crippen molar-refractivity contribution in [3.8, 4) is 5.75 Å². The molecule has 0 aliphatic heterocycles. The van der Waals surface area contributed by atoms with E-state index in [4.69, 9.17) is 15.5 Å². The lowest BCUT2D eigenvalue weighted by Crippen LogP contribution is -2.09. The summed E-state index contributed by atoms with van der Waals surface area (Å²) in [5.74, 6) is 2.47. The van der Waals surface area contributed by atoms with Gasteiger partial charge >= 0.3 is 0 Å². The number of ether oxygens (including phenoxy) is 1. The number of anilines is 2. The molecule has 1 heterocycles. The van der Waals surface area contributed by atoms with Crippen LogP contribution in [0, 0.1) is 5.92 Å². The number of hydrogen-bond donors (Lipinski definition) is 2. The Kier molecular flexibility index (Phi) is 5.70. The fraction of sp³-hybridized carbons (Fsp3) is 0.280. The van der Waals surface area contributed by atoms with Crippen LogP contribution in [0.3, 0.4) is 0 Å². The lowest BCUT2D eigenvalue weighted by molar-refractivity contribution is 0.414. The highest BCUT2D eigenvalue weighted by Gasteiger charge is 2.13. The van der Waals surface area contributed by atoms with Crippen molar-refractivity contribution in [2.45, 2.75) is 33.1 Å². The molecule has 0 saturated carbocycles. The number of fused-ring (bicyclic) bond motifs is 1. The Hall–Kier alpha value is -3.34. The number of benzene rings is 2. The molecular weight excluding hydrogens is 372 g/mol. The predicted octanol–water partition coefficient (Wildman–Crippen LogP) is 5.48. The molecule has 30 heavy (non-hydrogen) atoms. The molecule has 4 rings (SSSR count). The number of nitrogen functional groups attached to an aromatic ring is 1. The molecule has 154 valence electrons. The van der Waals surface area contributed by atoms with Crippen LogP contribution in [0.2, 0.25) is 0 Å². The second kappa shape index (κ2) is 8.57. The largest absolute Gasteiger partial charge is 0.497 e. The van der Waals surface area contributed by atoms with E-state index in [-0.39, 0.29) is 0 Å². The summed E-state index contributed by atoms with van der Waals surface area (Å²) >= 11 is 0. The number of allylic oxidation sites excluding steroid dienone is 4. The molecule has 0 unspecified atom stereocenters. The molecule has 2 aromatic carbocycles. The van der Waals surface area contributed by atoms with Gasteiger partial charge in [-0.1, -0.05) is 49.8 Å². The zero-order valence-corrected chi connectivity index (χ0v) is 17.8. The van der Waals surface area contributed by atoms with Gasteiger partial charge < -0.3 is 15.8 Å². The average Bonchev–Trinajstić information content (AvgIpc) is 2.74. The van der Waals surface area contributed by atoms with Crippen LogP contribution in [-0.4, -0.2) is 17.1 Å². The number of nitrogens with one attached hydrogen (secondary N) is 1. The van der Waals surface area contributed by atoms with E-state index in [2.05, 4.69) is 48.4 Å². The molecule has 1 aliphatic carbocycles. The summed E-state index contributed by atoms with van der Waals surface area (Å²) < 4.78 is 5.34. The van der Waals surface area contributed by atoms with Crippen LogP contribution in [0.15, 0.2) is 65.9 Å². The summed E-state index contributed by atoms with van der Waals surface area (Å²) in [6.07, 6.45) is 7.09. The molecule has 5 heteroatoms. The van der Waals surface area contributed by atoms with E-state index in [0.29, 0.717) is 17.7 Å². The molecule has 0 radical (unpaired) electrons. The van der Waals surface area contributed by atoms with Crippen LogP contribution in [0.4, 0.5) is 11.8 Å². The van der Waals surface area contributed by atoms with E-state index in [1.54, 1.807) is 7.11 Å². The molecule has 3 aromatic rings. The Labute approximate surface area is 177 Å². The second-order valence-corrected chi connectivity index (χ2v) is 7.99. The summed E-state index contributed by atoms with van der Waals surface area (Å²) in [6, 6.07) is 14.2. The third kappa shape index (κ3) is 4.30. The number of hydrogen-bond acceptors (Lipinski definition) is 5. The Morgan fingerprint density at radius 1 is 1.07 bits per heavy atom. The number of rotatable bonds is 6. The van der Waals surface area contributed by atoms with E-state index < -0.39 is 0 Å². The van der Waals surface area contributed by atoms with E-state index in [9.17, 15) is 0 Å². The van der Waals surface area contributed by atoms with Gasteiger partial charge in [0.25, 0.3) is 0 Å². The monoisotopic (exact) mass is 400 g/mol. The normalized spacial score (nSPS) is 13.9. The van der Waals surface area contributed by atoms with Crippen molar-refractivity contribution in [2.24, 2.45) is 5.92 Å². The standard InChI is InChI=1S/C25H28N4O/c1-16(2)18-10-12-20(13-11-18)27-25-28-22-9-5-7-19(23(22)24(26)29-25)14-17-6-4-8-21(15-17)30-3/h4-10,12,15-16H,11,13-14H2,1-3H3,(H3,26,27,28,29). The number of aromatic nitrogens is 2. The molecule has 5 nitrogen and oxygen atoms in total. The summed E-state index contributed by atoms with van der Waals surface area (Å²) in [5, 5.41) is 4.26. The van der Waals surface area contributed by atoms with Gasteiger partial charge in [-0.15, -0.1) is 0 Å². The lowest BCUT2D eigenvalue weighted by Gasteiger charge is -2.18. The summed E-state index contributed by atoms with van der Waals surface area (Å²) in [7, 11) is 1.68. The van der Waals surface area contributed by atoms with E-state index in [0.717, 1.165) is 52.7 Å². The molecule has 1 aromatic heterocycles. The van der Waals surface area contributed by atoms with Crippen molar-refractivity contribution in [3.05, 3.63) is 77.0 Å². The Balaban J connectivity index is 1.62. The third-order valence-corrected chi connectivity index (χ3v) is 5.56. The quantitative estimate of drug-likeness (QED) is 0.573. The SMILES string of the molecule is COc1cccc(Cc2cccc3nc(NC4=CC=C(C(C)C)CC4)nc(N)c23)c1. The lowest BCUT2D eigenvalue weighted by atomic mass is 9.93. The molecule has 0 fully saturated rings. The molecule has 0 saturated heterocycles. The fourth-order valence-electron chi connectivity index (χ4n) is 3.87. The minimum absolute atomic E-state index is 0.496. The van der Waals surface area contributed by atoms with E-state index in [1.165, 1.54) is 5.57 Å². The third-order valence-electron chi connectivity index (χ3n) is 5.56. The molecule has 1 aliphatic rings. The summed E-state index contributed by atoms with van der Waals surface area (Å²) in [4.78, 5) is 9.29. The van der Waals surface area contributed by atoms with Crippen molar-refractivity contribution >= 4 is 22.7 Å². The van der Waals surface area contributed by atoms with Crippen LogP contribution in [0.25, 0.3) is 10.9 Å². The van der Waals surface area contributed by atoms with E-state index >= 15 is 0 Å². The highest BCUT2D eigenvalue weighted by molar-refractivity contribution is 5.92. The van der Waals surface area contributed by atoms with Gasteiger partial charge in [0.05, 0.1) is 12.6 Å². The van der Waals surface area contributed by atoms with E-state index in [1.807, 2.05) is 30.3 Å². The van der Waals surface area contributed by atoms with Gasteiger partial charge in [-0.2, -0.15) is 4.98 Å². The number of nitrogens with zero attached hydrogens (tertiary/aromatic N) is 2. The molecule has 0 amide bonds. The summed E-state index contributed by atoms with van der Waals surface area (Å²) in [6.45, 7) is 4.46. The van der Waals surface area contributed by atoms with Gasteiger partial charge in [-0.3, -0.25) is 0 Å². The minimum atomic E-state index is 0.496. The first-order valence-electron chi connectivity index (χ1n) is 10.4. The highest BCUT2D eigenvalue weighted by atomic mass is 16.5. The van der Waals surface area contributed by atoms with Crippen LogP contribution in [0.5, 0.6) is 5.75 Å². The van der Waals surface area contributed by atoms with Gasteiger partial charge in [0.15, 0.2) is 0 Å². The molecule has 3 N–H and O–H groups in total. The predicted molar refractivity (Wildman–Crippen MR) is 124 cm³/mol. The first-order chi connectivity index (χ1) is 14.5. The number of nitrogens with two attached hydrogens (primary N) is 1. The molecule has 0 atom stereocenters. The van der Waals surface area contributed by atoms with Gasteiger partial charge in [-0.25, -0.2) is 4.98 Å². The second-order valence-electron chi connectivity index (χ2n) is 7.99. The first-order valence-corrected chi connectivity index (χ1v) is 10.4. The smallest absolute Gasteiger partial charge is 0.229 e. The van der Waals surface area contributed by atoms with Crippen LogP contribution < -0.4 is 15.8 Å². The van der Waals surface area contributed by atoms with Gasteiger partial charge in [0.2, 0.25) is 5.95 Å². The van der Waals surface area contributed by atoms with Crippen molar-refractivity contribution in [1.29, 1.82) is 0 Å². The van der Waals surface area contributed by atoms with Gasteiger partial charge in [0, 0.05) is 11.1 Å². The number of methoxy groups -OCH3 is 1. The Bertz CT molecular complexity index is 1130. The average molecular weight is 401 g/mol. The van der Waals surface area contributed by atoms with Crippen molar-refractivity contribution in [2.75, 3.05) is 18.2 Å². The van der Waals surface area contributed by atoms with Crippen LogP contribution in [-0.2, 0) is 6.42 Å². The first kappa shape index (κ1) is 20.0. The molecule has 0 spiro atoms. The van der Waals surface area contributed by atoms with Gasteiger partial charge in [-0.05, 0) is 60.6 Å². The minimum Gasteiger partial charge on any atom is -0.497 e. The summed E-state index contributed by atoms with van der Waals surface area (Å²) in [5.41, 5.74) is 12.1. The molecular formula is C25H28N4O. The maximum atomic E-state index is 6.39. The van der Waals surface area contributed by atoms with Crippen molar-refractivity contribution in [1.82, 2.24) is 9.97 Å². The zero-order chi connectivity index (χ0) is 21.1. The maximum Gasteiger partial charge on any atom is 0.229 e. The van der Waals surface area contributed by atoms with Crippen LogP contribution in [0.1, 0.15) is 37.8 Å². The fourth-order valence-corrected chi connectivity index (χ4v) is 3.87. The topological polar surface area (TPSA) is 73.1 Å². The van der Waals surface area contributed by atoms with Crippen molar-refractivity contribution < 1.29 is 4.74 Å². The highest BCUT2D eigenvalue weighted by Crippen LogP contribution is 2.28. The molecule has 0 bridgehead atoms.